The van der Waals surface area contributed by atoms with Crippen LogP contribution in [0.1, 0.15) is 5.56 Å². The van der Waals surface area contributed by atoms with E-state index in [2.05, 4.69) is 40.7 Å². The predicted octanol–water partition coefficient (Wildman–Crippen LogP) is 2.30. The first kappa shape index (κ1) is 11.2. The number of thioether (sulfide) groups is 1. The fourth-order valence-electron chi connectivity index (χ4n) is 1.66. The zero-order valence-corrected chi connectivity index (χ0v) is 10.1. The lowest BCUT2D eigenvalue weighted by atomic mass is 10.1. The van der Waals surface area contributed by atoms with Crippen molar-refractivity contribution in [2.45, 2.75) is 11.3 Å². The summed E-state index contributed by atoms with van der Waals surface area (Å²) in [6.07, 6.45) is 4.78. The zero-order valence-electron chi connectivity index (χ0n) is 9.23. The van der Waals surface area contributed by atoms with Gasteiger partial charge >= 0.3 is 0 Å². The summed E-state index contributed by atoms with van der Waals surface area (Å²) in [7, 11) is 0. The average Bonchev–Trinajstić information content (AvgIpc) is 2.78. The molecule has 84 valence electrons. The molecule has 1 heterocycles. The standard InChI is InChI=1S/C12H15N3S/c1-16-11-4-2-9(3-5-11)12-10(6-7-13)8-14-15-12/h2-5,8H,6-7,13H2,1H3,(H,14,15). The highest BCUT2D eigenvalue weighted by atomic mass is 32.2. The molecule has 0 radical (unpaired) electrons. The molecule has 0 unspecified atom stereocenters. The first-order valence-electron chi connectivity index (χ1n) is 5.22. The summed E-state index contributed by atoms with van der Waals surface area (Å²) < 4.78 is 0. The van der Waals surface area contributed by atoms with E-state index in [1.807, 2.05) is 6.20 Å². The first-order valence-corrected chi connectivity index (χ1v) is 6.44. The average molecular weight is 233 g/mol. The van der Waals surface area contributed by atoms with Crippen LogP contribution in [-0.2, 0) is 6.42 Å². The maximum atomic E-state index is 5.57. The molecule has 0 amide bonds. The second-order valence-electron chi connectivity index (χ2n) is 3.54. The van der Waals surface area contributed by atoms with E-state index in [1.165, 1.54) is 16.0 Å². The second-order valence-corrected chi connectivity index (χ2v) is 4.42. The van der Waals surface area contributed by atoms with E-state index >= 15 is 0 Å². The molecule has 0 spiro atoms. The zero-order chi connectivity index (χ0) is 11.4. The van der Waals surface area contributed by atoms with Gasteiger partial charge in [-0.2, -0.15) is 5.10 Å². The Labute approximate surface area is 99.4 Å². The number of hydrogen-bond acceptors (Lipinski definition) is 3. The number of aromatic nitrogens is 2. The Balaban J connectivity index is 2.31. The van der Waals surface area contributed by atoms with Crippen molar-refractivity contribution in [3.63, 3.8) is 0 Å². The number of nitrogens with zero attached hydrogens (tertiary/aromatic N) is 1. The van der Waals surface area contributed by atoms with E-state index in [9.17, 15) is 0 Å². The Morgan fingerprint density at radius 3 is 2.69 bits per heavy atom. The minimum absolute atomic E-state index is 0.648. The van der Waals surface area contributed by atoms with E-state index < -0.39 is 0 Å². The molecular formula is C12H15N3S. The summed E-state index contributed by atoms with van der Waals surface area (Å²) in [6, 6.07) is 8.46. The first-order chi connectivity index (χ1) is 7.85. The van der Waals surface area contributed by atoms with Crippen molar-refractivity contribution < 1.29 is 0 Å². The molecule has 1 aromatic carbocycles. The van der Waals surface area contributed by atoms with E-state index in [4.69, 9.17) is 5.73 Å². The van der Waals surface area contributed by atoms with Crippen LogP contribution in [0.2, 0.25) is 0 Å². The molecule has 3 nitrogen and oxygen atoms in total. The maximum absolute atomic E-state index is 5.57. The monoisotopic (exact) mass is 233 g/mol. The van der Waals surface area contributed by atoms with Gasteiger partial charge in [-0.25, -0.2) is 0 Å². The van der Waals surface area contributed by atoms with Gasteiger partial charge in [-0.15, -0.1) is 11.8 Å². The van der Waals surface area contributed by atoms with Gasteiger partial charge in [-0.3, -0.25) is 5.10 Å². The summed E-state index contributed by atoms with van der Waals surface area (Å²) in [4.78, 5) is 1.27. The number of nitrogens with one attached hydrogen (secondary N) is 1. The fourth-order valence-corrected chi connectivity index (χ4v) is 2.07. The molecule has 0 saturated heterocycles. The van der Waals surface area contributed by atoms with E-state index in [0.717, 1.165) is 12.1 Å². The topological polar surface area (TPSA) is 54.7 Å². The molecule has 0 aliphatic carbocycles. The van der Waals surface area contributed by atoms with Gasteiger partial charge in [-0.1, -0.05) is 12.1 Å². The number of benzene rings is 1. The number of H-pyrrole nitrogens is 1. The quantitative estimate of drug-likeness (QED) is 0.797. The van der Waals surface area contributed by atoms with Gasteiger partial charge in [0.05, 0.1) is 11.9 Å². The van der Waals surface area contributed by atoms with Crippen molar-refractivity contribution in [2.24, 2.45) is 5.73 Å². The van der Waals surface area contributed by atoms with Crippen molar-refractivity contribution in [3.8, 4) is 11.3 Å². The highest BCUT2D eigenvalue weighted by molar-refractivity contribution is 7.98. The minimum atomic E-state index is 0.648. The lowest BCUT2D eigenvalue weighted by molar-refractivity contribution is 0.972. The third-order valence-corrected chi connectivity index (χ3v) is 3.25. The Morgan fingerprint density at radius 1 is 1.31 bits per heavy atom. The van der Waals surface area contributed by atoms with Crippen LogP contribution in [0.4, 0.5) is 0 Å². The van der Waals surface area contributed by atoms with Gasteiger partial charge < -0.3 is 5.73 Å². The Hall–Kier alpha value is -1.26. The Bertz CT molecular complexity index is 448. The van der Waals surface area contributed by atoms with Crippen molar-refractivity contribution in [2.75, 3.05) is 12.8 Å². The smallest absolute Gasteiger partial charge is 0.0682 e. The molecule has 0 bridgehead atoms. The highest BCUT2D eigenvalue weighted by Gasteiger charge is 2.06. The summed E-state index contributed by atoms with van der Waals surface area (Å²) in [6.45, 7) is 0.648. The van der Waals surface area contributed by atoms with Crippen molar-refractivity contribution in [1.82, 2.24) is 10.2 Å². The van der Waals surface area contributed by atoms with E-state index in [-0.39, 0.29) is 0 Å². The molecular weight excluding hydrogens is 218 g/mol. The molecule has 4 heteroatoms. The van der Waals surface area contributed by atoms with Crippen LogP contribution in [0.25, 0.3) is 11.3 Å². The van der Waals surface area contributed by atoms with Crippen LogP contribution in [-0.4, -0.2) is 23.0 Å². The molecule has 2 aromatic rings. The van der Waals surface area contributed by atoms with Gasteiger partial charge in [0.1, 0.15) is 0 Å². The molecule has 0 saturated carbocycles. The number of nitrogens with two attached hydrogens (primary N) is 1. The van der Waals surface area contributed by atoms with Gasteiger partial charge in [0.25, 0.3) is 0 Å². The van der Waals surface area contributed by atoms with Gasteiger partial charge in [-0.05, 0) is 42.5 Å². The third-order valence-electron chi connectivity index (χ3n) is 2.51. The van der Waals surface area contributed by atoms with Crippen molar-refractivity contribution in [3.05, 3.63) is 36.0 Å². The molecule has 0 aliphatic heterocycles. The van der Waals surface area contributed by atoms with E-state index in [0.29, 0.717) is 6.54 Å². The lowest BCUT2D eigenvalue weighted by Crippen LogP contribution is -2.02. The number of aromatic amines is 1. The molecule has 2 rings (SSSR count). The summed E-state index contributed by atoms with van der Waals surface area (Å²) in [5, 5.41) is 7.11. The van der Waals surface area contributed by atoms with Gasteiger partial charge in [0, 0.05) is 4.90 Å². The predicted molar refractivity (Wildman–Crippen MR) is 68.6 cm³/mol. The van der Waals surface area contributed by atoms with Crippen molar-refractivity contribution >= 4 is 11.8 Å². The fraction of sp³-hybridized carbons (Fsp3) is 0.250. The van der Waals surface area contributed by atoms with Crippen LogP contribution in [0.15, 0.2) is 35.4 Å². The van der Waals surface area contributed by atoms with Crippen LogP contribution in [0, 0.1) is 0 Å². The molecule has 0 atom stereocenters. The maximum Gasteiger partial charge on any atom is 0.0682 e. The Kier molecular flexibility index (Phi) is 3.64. The lowest BCUT2D eigenvalue weighted by Gasteiger charge is -2.03. The van der Waals surface area contributed by atoms with Crippen LogP contribution in [0.5, 0.6) is 0 Å². The second kappa shape index (κ2) is 5.18. The summed E-state index contributed by atoms with van der Waals surface area (Å²) >= 11 is 1.74. The molecule has 16 heavy (non-hydrogen) atoms. The normalized spacial score (nSPS) is 10.6. The molecule has 3 N–H and O–H groups in total. The third kappa shape index (κ3) is 2.28. The summed E-state index contributed by atoms with van der Waals surface area (Å²) in [5.41, 5.74) is 8.99. The van der Waals surface area contributed by atoms with Gasteiger partial charge in [0.15, 0.2) is 0 Å². The van der Waals surface area contributed by atoms with Gasteiger partial charge in [0.2, 0.25) is 0 Å². The van der Waals surface area contributed by atoms with Crippen molar-refractivity contribution in [1.29, 1.82) is 0 Å². The molecule has 1 aromatic heterocycles. The minimum Gasteiger partial charge on any atom is -0.330 e. The number of rotatable bonds is 4. The molecule has 0 fully saturated rings. The number of hydrogen-bond donors (Lipinski definition) is 2. The van der Waals surface area contributed by atoms with Crippen LogP contribution >= 0.6 is 11.8 Å². The summed E-state index contributed by atoms with van der Waals surface area (Å²) in [5.74, 6) is 0. The Morgan fingerprint density at radius 2 is 2.06 bits per heavy atom. The van der Waals surface area contributed by atoms with E-state index in [1.54, 1.807) is 11.8 Å². The van der Waals surface area contributed by atoms with Crippen LogP contribution < -0.4 is 5.73 Å². The highest BCUT2D eigenvalue weighted by Crippen LogP contribution is 2.24. The SMILES string of the molecule is CSc1ccc(-c2[nH]ncc2CCN)cc1. The van der Waals surface area contributed by atoms with Crippen LogP contribution in [0.3, 0.4) is 0 Å². The largest absolute Gasteiger partial charge is 0.330 e. The molecule has 0 aliphatic rings.